The van der Waals surface area contributed by atoms with E-state index in [1.54, 1.807) is 24.7 Å². The Kier molecular flexibility index (Phi) is 4.94. The summed E-state index contributed by atoms with van der Waals surface area (Å²) >= 11 is 3.40. The minimum atomic E-state index is -0.260. The number of benzene rings is 1. The third-order valence-corrected chi connectivity index (χ3v) is 4.46. The standard InChI is InChI=1S/C18H18BrN3O3/c1-11-4-7-14-16(19)21-17(22(14)10-11)18(23)20-9-12-5-6-13(24-2)8-15(12)25-3/h4-8,10H,9H2,1-3H3,(H,20,23). The van der Waals surface area contributed by atoms with Crippen molar-refractivity contribution in [2.75, 3.05) is 14.2 Å². The number of fused-ring (bicyclic) bond motifs is 1. The van der Waals surface area contributed by atoms with Gasteiger partial charge in [0, 0.05) is 24.4 Å². The lowest BCUT2D eigenvalue weighted by molar-refractivity contribution is 0.0939. The highest BCUT2D eigenvalue weighted by atomic mass is 79.9. The average Bonchev–Trinajstić information content (AvgIpc) is 2.95. The van der Waals surface area contributed by atoms with Gasteiger partial charge in [0.2, 0.25) is 5.82 Å². The molecule has 0 atom stereocenters. The second-order valence-corrected chi connectivity index (χ2v) is 6.30. The van der Waals surface area contributed by atoms with Crippen LogP contribution in [0.25, 0.3) is 5.52 Å². The highest BCUT2D eigenvalue weighted by molar-refractivity contribution is 9.10. The molecule has 1 N–H and O–H groups in total. The average molecular weight is 404 g/mol. The first-order chi connectivity index (χ1) is 12.0. The number of nitrogens with zero attached hydrogens (tertiary/aromatic N) is 2. The number of aryl methyl sites for hydroxylation is 1. The first-order valence-electron chi connectivity index (χ1n) is 7.66. The van der Waals surface area contributed by atoms with Crippen molar-refractivity contribution in [1.82, 2.24) is 14.7 Å². The molecule has 0 unspecified atom stereocenters. The van der Waals surface area contributed by atoms with Gasteiger partial charge in [-0.25, -0.2) is 4.98 Å². The minimum Gasteiger partial charge on any atom is -0.497 e. The van der Waals surface area contributed by atoms with Gasteiger partial charge in [0.1, 0.15) is 16.1 Å². The maximum Gasteiger partial charge on any atom is 0.287 e. The third-order valence-electron chi connectivity index (χ3n) is 3.88. The zero-order chi connectivity index (χ0) is 18.0. The molecule has 0 fully saturated rings. The van der Waals surface area contributed by atoms with Crippen LogP contribution in [0.15, 0.2) is 41.1 Å². The molecule has 0 saturated carbocycles. The molecule has 0 saturated heterocycles. The number of methoxy groups -OCH3 is 2. The van der Waals surface area contributed by atoms with Crippen molar-refractivity contribution in [3.05, 3.63) is 58.1 Å². The fourth-order valence-electron chi connectivity index (χ4n) is 2.57. The Balaban J connectivity index is 1.83. The van der Waals surface area contributed by atoms with Gasteiger partial charge in [-0.15, -0.1) is 0 Å². The summed E-state index contributed by atoms with van der Waals surface area (Å²) in [5.41, 5.74) is 2.74. The van der Waals surface area contributed by atoms with Crippen molar-refractivity contribution in [3.8, 4) is 11.5 Å². The van der Waals surface area contributed by atoms with E-state index >= 15 is 0 Å². The first-order valence-corrected chi connectivity index (χ1v) is 8.46. The van der Waals surface area contributed by atoms with Crippen molar-refractivity contribution >= 4 is 27.4 Å². The van der Waals surface area contributed by atoms with E-state index in [1.807, 2.05) is 37.4 Å². The van der Waals surface area contributed by atoms with Gasteiger partial charge in [-0.1, -0.05) is 6.07 Å². The summed E-state index contributed by atoms with van der Waals surface area (Å²) in [4.78, 5) is 16.9. The lowest BCUT2D eigenvalue weighted by Crippen LogP contribution is -2.25. The van der Waals surface area contributed by atoms with Crippen LogP contribution >= 0.6 is 15.9 Å². The summed E-state index contributed by atoms with van der Waals surface area (Å²) in [6.45, 7) is 2.29. The molecular weight excluding hydrogens is 386 g/mol. The zero-order valence-electron chi connectivity index (χ0n) is 14.2. The highest BCUT2D eigenvalue weighted by Crippen LogP contribution is 2.25. The smallest absolute Gasteiger partial charge is 0.287 e. The SMILES string of the molecule is COc1ccc(CNC(=O)c2nc(Br)c3ccc(C)cn23)c(OC)c1. The number of pyridine rings is 1. The molecule has 0 aliphatic carbocycles. The van der Waals surface area contributed by atoms with Crippen LogP contribution in [0.1, 0.15) is 21.7 Å². The third kappa shape index (κ3) is 3.46. The van der Waals surface area contributed by atoms with Crippen molar-refractivity contribution in [3.63, 3.8) is 0 Å². The molecule has 3 aromatic rings. The maximum absolute atomic E-state index is 12.6. The first kappa shape index (κ1) is 17.3. The van der Waals surface area contributed by atoms with Gasteiger partial charge in [0.15, 0.2) is 0 Å². The van der Waals surface area contributed by atoms with E-state index in [4.69, 9.17) is 9.47 Å². The number of imidazole rings is 1. The second kappa shape index (κ2) is 7.14. The Hall–Kier alpha value is -2.54. The number of rotatable bonds is 5. The van der Waals surface area contributed by atoms with Gasteiger partial charge in [-0.3, -0.25) is 9.20 Å². The molecule has 0 bridgehead atoms. The van der Waals surface area contributed by atoms with Crippen molar-refractivity contribution in [2.24, 2.45) is 0 Å². The molecule has 2 heterocycles. The molecule has 0 spiro atoms. The monoisotopic (exact) mass is 403 g/mol. The number of carbonyl (C=O) groups excluding carboxylic acids is 1. The molecule has 130 valence electrons. The number of halogens is 1. The van der Waals surface area contributed by atoms with Crippen LogP contribution in [-0.2, 0) is 6.54 Å². The van der Waals surface area contributed by atoms with E-state index in [2.05, 4.69) is 26.2 Å². The summed E-state index contributed by atoms with van der Waals surface area (Å²) in [7, 11) is 3.18. The van der Waals surface area contributed by atoms with Gasteiger partial charge in [-0.2, -0.15) is 0 Å². The normalized spacial score (nSPS) is 10.7. The number of ether oxygens (including phenoxy) is 2. The minimum absolute atomic E-state index is 0.260. The Morgan fingerprint density at radius 3 is 2.76 bits per heavy atom. The summed E-state index contributed by atoms with van der Waals surface area (Å²) < 4.78 is 13.0. The summed E-state index contributed by atoms with van der Waals surface area (Å²) in [6, 6.07) is 9.38. The number of carbonyl (C=O) groups is 1. The van der Waals surface area contributed by atoms with Crippen molar-refractivity contribution in [2.45, 2.75) is 13.5 Å². The fraction of sp³-hybridized carbons (Fsp3) is 0.222. The van der Waals surface area contributed by atoms with E-state index in [9.17, 15) is 4.79 Å². The van der Waals surface area contributed by atoms with Crippen LogP contribution in [0.3, 0.4) is 0 Å². The van der Waals surface area contributed by atoms with Gasteiger partial charge in [0.05, 0.1) is 19.7 Å². The quantitative estimate of drug-likeness (QED) is 0.709. The molecule has 6 nitrogen and oxygen atoms in total. The lowest BCUT2D eigenvalue weighted by atomic mass is 10.2. The van der Waals surface area contributed by atoms with E-state index < -0.39 is 0 Å². The molecule has 7 heteroatoms. The van der Waals surface area contributed by atoms with Crippen LogP contribution in [0.5, 0.6) is 11.5 Å². The van der Waals surface area contributed by atoms with E-state index in [-0.39, 0.29) is 5.91 Å². The van der Waals surface area contributed by atoms with Gasteiger partial charge < -0.3 is 14.8 Å². The molecular formula is C18H18BrN3O3. The lowest BCUT2D eigenvalue weighted by Gasteiger charge is -2.11. The highest BCUT2D eigenvalue weighted by Gasteiger charge is 2.17. The number of amides is 1. The van der Waals surface area contributed by atoms with Crippen molar-refractivity contribution < 1.29 is 14.3 Å². The maximum atomic E-state index is 12.6. The predicted octanol–water partition coefficient (Wildman–Crippen LogP) is 3.35. The van der Waals surface area contributed by atoms with Gasteiger partial charge in [0.25, 0.3) is 5.91 Å². The Labute approximate surface area is 153 Å². The summed E-state index contributed by atoms with van der Waals surface area (Å²) in [6.07, 6.45) is 1.88. The Bertz CT molecular complexity index is 937. The summed E-state index contributed by atoms with van der Waals surface area (Å²) in [5.74, 6) is 1.43. The fourth-order valence-corrected chi connectivity index (χ4v) is 3.06. The van der Waals surface area contributed by atoms with Gasteiger partial charge in [-0.05, 0) is 46.6 Å². The Morgan fingerprint density at radius 2 is 2.04 bits per heavy atom. The van der Waals surface area contributed by atoms with Gasteiger partial charge >= 0.3 is 0 Å². The molecule has 3 rings (SSSR count). The number of hydrogen-bond donors (Lipinski definition) is 1. The summed E-state index contributed by atoms with van der Waals surface area (Å²) in [5, 5.41) is 2.89. The van der Waals surface area contributed by atoms with Crippen LogP contribution in [0.2, 0.25) is 0 Å². The largest absolute Gasteiger partial charge is 0.497 e. The molecule has 25 heavy (non-hydrogen) atoms. The van der Waals surface area contributed by atoms with Crippen LogP contribution < -0.4 is 14.8 Å². The van der Waals surface area contributed by atoms with Crippen LogP contribution in [-0.4, -0.2) is 29.5 Å². The topological polar surface area (TPSA) is 64.9 Å². The predicted molar refractivity (Wildman–Crippen MR) is 98.3 cm³/mol. The number of nitrogens with one attached hydrogen (secondary N) is 1. The Morgan fingerprint density at radius 1 is 1.24 bits per heavy atom. The molecule has 2 aromatic heterocycles. The van der Waals surface area contributed by atoms with E-state index in [0.717, 1.165) is 16.6 Å². The van der Waals surface area contributed by atoms with E-state index in [0.29, 0.717) is 28.5 Å². The molecule has 0 radical (unpaired) electrons. The number of aromatic nitrogens is 2. The molecule has 1 amide bonds. The van der Waals surface area contributed by atoms with Crippen molar-refractivity contribution in [1.29, 1.82) is 0 Å². The zero-order valence-corrected chi connectivity index (χ0v) is 15.8. The van der Waals surface area contributed by atoms with E-state index in [1.165, 1.54) is 0 Å². The van der Waals surface area contributed by atoms with Crippen LogP contribution in [0, 0.1) is 6.92 Å². The molecule has 0 aliphatic rings. The molecule has 1 aromatic carbocycles. The van der Waals surface area contributed by atoms with Crippen LogP contribution in [0.4, 0.5) is 0 Å². The molecule has 0 aliphatic heterocycles. The number of hydrogen-bond acceptors (Lipinski definition) is 4. The second-order valence-electron chi connectivity index (χ2n) is 5.55.